The average molecular weight is 286 g/mol. The summed E-state index contributed by atoms with van der Waals surface area (Å²) in [5.74, 6) is 0.813. The van der Waals surface area contributed by atoms with Crippen LogP contribution in [0.25, 0.3) is 10.2 Å². The molecule has 3 rings (SSSR count). The molecule has 0 saturated carbocycles. The molecule has 3 aromatic heterocycles. The van der Waals surface area contributed by atoms with Gasteiger partial charge in [-0.25, -0.2) is 9.97 Å². The second-order valence-electron chi connectivity index (χ2n) is 4.35. The molecule has 102 valence electrons. The molecule has 0 fully saturated rings. The first kappa shape index (κ1) is 12.8. The van der Waals surface area contributed by atoms with Gasteiger partial charge in [-0.2, -0.15) is 0 Å². The third kappa shape index (κ3) is 2.30. The summed E-state index contributed by atoms with van der Waals surface area (Å²) in [5, 5.41) is 5.09. The summed E-state index contributed by atoms with van der Waals surface area (Å²) in [6, 6.07) is 5.70. The van der Waals surface area contributed by atoms with Crippen LogP contribution in [0.5, 0.6) is 0 Å². The Labute approximate surface area is 119 Å². The Morgan fingerprint density at radius 2 is 2.25 bits per heavy atom. The number of nitrogens with zero attached hydrogens (tertiary/aromatic N) is 3. The molecule has 0 amide bonds. The molecule has 3 aromatic rings. The normalized spacial score (nSPS) is 10.8. The molecule has 0 atom stereocenters. The lowest BCUT2D eigenvalue weighted by molar-refractivity contribution is 0.747. The van der Waals surface area contributed by atoms with Crippen LogP contribution in [0.1, 0.15) is 12.5 Å². The lowest BCUT2D eigenvalue weighted by atomic mass is 10.2. The maximum absolute atomic E-state index is 12.4. The van der Waals surface area contributed by atoms with Gasteiger partial charge >= 0.3 is 0 Å². The van der Waals surface area contributed by atoms with E-state index in [4.69, 9.17) is 0 Å². The zero-order valence-corrected chi connectivity index (χ0v) is 11.9. The molecule has 0 unspecified atom stereocenters. The van der Waals surface area contributed by atoms with Gasteiger partial charge in [0.1, 0.15) is 10.5 Å². The number of hydrogen-bond donors (Lipinski definition) is 1. The molecule has 20 heavy (non-hydrogen) atoms. The molecule has 0 aliphatic rings. The Morgan fingerprint density at radius 1 is 1.35 bits per heavy atom. The van der Waals surface area contributed by atoms with Gasteiger partial charge in [-0.3, -0.25) is 9.36 Å². The van der Waals surface area contributed by atoms with Crippen molar-refractivity contribution in [1.82, 2.24) is 14.5 Å². The first-order valence-corrected chi connectivity index (χ1v) is 7.28. The van der Waals surface area contributed by atoms with Crippen molar-refractivity contribution in [2.45, 2.75) is 13.5 Å². The Morgan fingerprint density at radius 3 is 3.10 bits per heavy atom. The number of hydrogen-bond acceptors (Lipinski definition) is 5. The van der Waals surface area contributed by atoms with Gasteiger partial charge in [-0.1, -0.05) is 6.07 Å². The van der Waals surface area contributed by atoms with Gasteiger partial charge in [-0.05, 0) is 24.4 Å². The number of anilines is 1. The van der Waals surface area contributed by atoms with Gasteiger partial charge < -0.3 is 5.32 Å². The summed E-state index contributed by atoms with van der Waals surface area (Å²) < 4.78 is 2.32. The second-order valence-corrected chi connectivity index (χ2v) is 5.27. The highest BCUT2D eigenvalue weighted by atomic mass is 32.1. The molecule has 3 heterocycles. The van der Waals surface area contributed by atoms with Crippen LogP contribution in [-0.2, 0) is 6.54 Å². The van der Waals surface area contributed by atoms with Crippen LogP contribution < -0.4 is 10.9 Å². The monoisotopic (exact) mass is 286 g/mol. The van der Waals surface area contributed by atoms with E-state index in [1.807, 2.05) is 30.5 Å². The van der Waals surface area contributed by atoms with Gasteiger partial charge in [0.25, 0.3) is 5.56 Å². The van der Waals surface area contributed by atoms with E-state index in [2.05, 4.69) is 15.3 Å². The third-order valence-corrected chi connectivity index (χ3v) is 3.90. The molecule has 0 aromatic carbocycles. The minimum absolute atomic E-state index is 0.00342. The predicted molar refractivity (Wildman–Crippen MR) is 81.4 cm³/mol. The number of thiophene rings is 1. The van der Waals surface area contributed by atoms with Crippen LogP contribution >= 0.6 is 11.3 Å². The molecule has 6 heteroatoms. The summed E-state index contributed by atoms with van der Waals surface area (Å²) >= 11 is 1.43. The van der Waals surface area contributed by atoms with Gasteiger partial charge in [0.2, 0.25) is 0 Å². The quantitative estimate of drug-likeness (QED) is 0.799. The Balaban J connectivity index is 2.01. The molecule has 0 spiro atoms. The van der Waals surface area contributed by atoms with E-state index in [1.54, 1.807) is 17.1 Å². The zero-order valence-electron chi connectivity index (χ0n) is 11.0. The van der Waals surface area contributed by atoms with Crippen molar-refractivity contribution in [3.05, 3.63) is 52.0 Å². The Bertz CT molecular complexity index is 793. The molecular weight excluding hydrogens is 272 g/mol. The van der Waals surface area contributed by atoms with Crippen molar-refractivity contribution >= 4 is 27.4 Å². The average Bonchev–Trinajstić information content (AvgIpc) is 2.93. The van der Waals surface area contributed by atoms with Crippen molar-refractivity contribution in [2.24, 2.45) is 0 Å². The number of fused-ring (bicyclic) bond motifs is 1. The Hall–Kier alpha value is -2.21. The highest BCUT2D eigenvalue weighted by Crippen LogP contribution is 2.15. The first-order valence-electron chi connectivity index (χ1n) is 6.40. The summed E-state index contributed by atoms with van der Waals surface area (Å²) in [7, 11) is 0. The van der Waals surface area contributed by atoms with Crippen molar-refractivity contribution in [3.63, 3.8) is 0 Å². The molecule has 0 aliphatic carbocycles. The zero-order chi connectivity index (χ0) is 13.9. The topological polar surface area (TPSA) is 59.8 Å². The summed E-state index contributed by atoms with van der Waals surface area (Å²) in [4.78, 5) is 21.0. The minimum Gasteiger partial charge on any atom is -0.370 e. The lowest BCUT2D eigenvalue weighted by Crippen LogP contribution is -2.21. The van der Waals surface area contributed by atoms with E-state index < -0.39 is 0 Å². The van der Waals surface area contributed by atoms with E-state index in [-0.39, 0.29) is 5.56 Å². The van der Waals surface area contributed by atoms with Gasteiger partial charge in [-0.15, -0.1) is 11.3 Å². The van der Waals surface area contributed by atoms with Crippen LogP contribution in [0.2, 0.25) is 0 Å². The molecule has 5 nitrogen and oxygen atoms in total. The largest absolute Gasteiger partial charge is 0.370 e. The predicted octanol–water partition coefficient (Wildman–Crippen LogP) is 2.33. The van der Waals surface area contributed by atoms with E-state index in [9.17, 15) is 4.79 Å². The standard InChI is InChI=1S/C14H14N4OS/c1-2-15-13-10(4-3-6-16-13)8-18-9-17-11-5-7-20-12(11)14(18)19/h3-7,9H,2,8H2,1H3,(H,15,16). The number of aromatic nitrogens is 3. The molecule has 0 radical (unpaired) electrons. The van der Waals surface area contributed by atoms with Crippen molar-refractivity contribution in [1.29, 1.82) is 0 Å². The molecule has 1 N–H and O–H groups in total. The van der Waals surface area contributed by atoms with Crippen LogP contribution in [0.15, 0.2) is 40.9 Å². The first-order chi connectivity index (χ1) is 9.79. The Kier molecular flexibility index (Phi) is 3.47. The number of nitrogens with one attached hydrogen (secondary N) is 1. The molecular formula is C14H14N4OS. The number of rotatable bonds is 4. The maximum Gasteiger partial charge on any atom is 0.271 e. The van der Waals surface area contributed by atoms with Gasteiger partial charge in [0.15, 0.2) is 0 Å². The highest BCUT2D eigenvalue weighted by molar-refractivity contribution is 7.17. The van der Waals surface area contributed by atoms with Gasteiger partial charge in [0.05, 0.1) is 18.4 Å². The lowest BCUT2D eigenvalue weighted by Gasteiger charge is -2.10. The van der Waals surface area contributed by atoms with Crippen LogP contribution in [0.4, 0.5) is 5.82 Å². The minimum atomic E-state index is -0.00342. The van der Waals surface area contributed by atoms with Crippen LogP contribution in [0, 0.1) is 0 Å². The van der Waals surface area contributed by atoms with Crippen LogP contribution in [-0.4, -0.2) is 21.1 Å². The molecule has 0 bridgehead atoms. The summed E-state index contributed by atoms with van der Waals surface area (Å²) in [6.07, 6.45) is 3.34. The highest BCUT2D eigenvalue weighted by Gasteiger charge is 2.08. The van der Waals surface area contributed by atoms with Crippen LogP contribution in [0.3, 0.4) is 0 Å². The van der Waals surface area contributed by atoms with E-state index in [1.165, 1.54) is 11.3 Å². The van der Waals surface area contributed by atoms with Crippen molar-refractivity contribution in [3.8, 4) is 0 Å². The van der Waals surface area contributed by atoms with Crippen molar-refractivity contribution in [2.75, 3.05) is 11.9 Å². The third-order valence-electron chi connectivity index (χ3n) is 3.01. The molecule has 0 aliphatic heterocycles. The fraction of sp³-hybridized carbons (Fsp3) is 0.214. The smallest absolute Gasteiger partial charge is 0.271 e. The summed E-state index contributed by atoms with van der Waals surface area (Å²) in [6.45, 7) is 3.28. The van der Waals surface area contributed by atoms with E-state index in [0.29, 0.717) is 11.2 Å². The number of pyridine rings is 1. The maximum atomic E-state index is 12.4. The fourth-order valence-corrected chi connectivity index (χ4v) is 2.86. The van der Waals surface area contributed by atoms with Crippen molar-refractivity contribution < 1.29 is 0 Å². The summed E-state index contributed by atoms with van der Waals surface area (Å²) in [5.41, 5.74) is 1.74. The second kappa shape index (κ2) is 5.42. The fourth-order valence-electron chi connectivity index (χ4n) is 2.07. The van der Waals surface area contributed by atoms with Gasteiger partial charge in [0, 0.05) is 18.3 Å². The van der Waals surface area contributed by atoms with E-state index in [0.717, 1.165) is 23.4 Å². The molecule has 0 saturated heterocycles. The van der Waals surface area contributed by atoms with E-state index >= 15 is 0 Å². The SMILES string of the molecule is CCNc1ncccc1Cn1cnc2ccsc2c1=O.